The summed E-state index contributed by atoms with van der Waals surface area (Å²) in [6, 6.07) is 5.64. The van der Waals surface area contributed by atoms with Crippen LogP contribution in [0.25, 0.3) is 10.6 Å². The van der Waals surface area contributed by atoms with E-state index in [9.17, 15) is 4.79 Å². The van der Waals surface area contributed by atoms with Crippen molar-refractivity contribution in [1.29, 1.82) is 0 Å². The van der Waals surface area contributed by atoms with Gasteiger partial charge in [-0.25, -0.2) is 4.68 Å². The zero-order valence-corrected chi connectivity index (χ0v) is 13.2. The third-order valence-electron chi connectivity index (χ3n) is 3.20. The number of anilines is 1. The lowest BCUT2D eigenvalue weighted by Crippen LogP contribution is -2.13. The van der Waals surface area contributed by atoms with Crippen LogP contribution in [0, 0.1) is 6.92 Å². The fourth-order valence-corrected chi connectivity index (χ4v) is 2.88. The van der Waals surface area contributed by atoms with E-state index in [0.717, 1.165) is 10.6 Å². The van der Waals surface area contributed by atoms with Gasteiger partial charge in [0, 0.05) is 7.05 Å². The van der Waals surface area contributed by atoms with Crippen molar-refractivity contribution in [2.24, 2.45) is 7.05 Å². The van der Waals surface area contributed by atoms with Gasteiger partial charge in [0.1, 0.15) is 5.69 Å². The summed E-state index contributed by atoms with van der Waals surface area (Å²) in [4.78, 5) is 13.4. The quantitative estimate of drug-likeness (QED) is 0.774. The molecule has 22 heavy (non-hydrogen) atoms. The topological polar surface area (TPSA) is 84.8 Å². The molecule has 0 unspecified atom stereocenters. The number of thiophene rings is 1. The summed E-state index contributed by atoms with van der Waals surface area (Å²) in [5.41, 5.74) is 2.36. The van der Waals surface area contributed by atoms with Gasteiger partial charge < -0.3 is 10.1 Å². The van der Waals surface area contributed by atoms with Crippen molar-refractivity contribution < 1.29 is 9.53 Å². The largest absolute Gasteiger partial charge is 0.480 e. The number of ether oxygens (including phenoxy) is 1. The van der Waals surface area contributed by atoms with E-state index >= 15 is 0 Å². The van der Waals surface area contributed by atoms with Gasteiger partial charge in [0.05, 0.1) is 23.4 Å². The van der Waals surface area contributed by atoms with E-state index in [0.29, 0.717) is 23.0 Å². The SMILES string of the molecule is COc1c(NC(=O)c2cc(-c3cccs3)[nH]n2)c(C)nn1C. The molecule has 0 saturated heterocycles. The molecule has 114 valence electrons. The lowest BCUT2D eigenvalue weighted by Gasteiger charge is -2.05. The monoisotopic (exact) mass is 317 g/mol. The number of aromatic amines is 1. The molecule has 3 rings (SSSR count). The highest BCUT2D eigenvalue weighted by Crippen LogP contribution is 2.28. The lowest BCUT2D eigenvalue weighted by molar-refractivity contribution is 0.102. The molecule has 0 aliphatic heterocycles. The van der Waals surface area contributed by atoms with Crippen LogP contribution in [-0.2, 0) is 7.05 Å². The number of hydrogen-bond acceptors (Lipinski definition) is 5. The highest BCUT2D eigenvalue weighted by molar-refractivity contribution is 7.13. The minimum Gasteiger partial charge on any atom is -0.480 e. The van der Waals surface area contributed by atoms with E-state index < -0.39 is 0 Å². The molecule has 3 heterocycles. The van der Waals surface area contributed by atoms with E-state index in [-0.39, 0.29) is 5.91 Å². The molecule has 0 radical (unpaired) electrons. The maximum absolute atomic E-state index is 12.3. The van der Waals surface area contributed by atoms with Gasteiger partial charge in [0.2, 0.25) is 5.88 Å². The Morgan fingerprint density at radius 3 is 3.00 bits per heavy atom. The molecule has 0 aromatic carbocycles. The first kappa shape index (κ1) is 14.3. The van der Waals surface area contributed by atoms with E-state index in [1.807, 2.05) is 17.5 Å². The average molecular weight is 317 g/mol. The Balaban J connectivity index is 1.84. The number of nitrogens with one attached hydrogen (secondary N) is 2. The number of amides is 1. The summed E-state index contributed by atoms with van der Waals surface area (Å²) in [5.74, 6) is 0.188. The summed E-state index contributed by atoms with van der Waals surface area (Å²) in [5, 5.41) is 15.9. The van der Waals surface area contributed by atoms with E-state index in [1.165, 1.54) is 7.11 Å². The number of rotatable bonds is 4. The average Bonchev–Trinajstić information content (AvgIpc) is 3.20. The molecule has 0 atom stereocenters. The number of carbonyl (C=O) groups is 1. The predicted octanol–water partition coefficient (Wildman–Crippen LogP) is 2.44. The molecule has 8 heteroatoms. The molecular weight excluding hydrogens is 302 g/mol. The van der Waals surface area contributed by atoms with Crippen LogP contribution in [0.15, 0.2) is 23.6 Å². The Kier molecular flexibility index (Phi) is 3.68. The second kappa shape index (κ2) is 5.64. The summed E-state index contributed by atoms with van der Waals surface area (Å²) >= 11 is 1.58. The zero-order valence-electron chi connectivity index (χ0n) is 12.4. The summed E-state index contributed by atoms with van der Waals surface area (Å²) in [6.45, 7) is 1.81. The first-order valence-electron chi connectivity index (χ1n) is 6.58. The van der Waals surface area contributed by atoms with Crippen LogP contribution >= 0.6 is 11.3 Å². The van der Waals surface area contributed by atoms with Gasteiger partial charge in [-0.1, -0.05) is 6.07 Å². The van der Waals surface area contributed by atoms with Crippen LogP contribution in [0.4, 0.5) is 5.69 Å². The lowest BCUT2D eigenvalue weighted by atomic mass is 10.3. The molecule has 3 aromatic rings. The molecule has 1 amide bonds. The normalized spacial score (nSPS) is 10.7. The van der Waals surface area contributed by atoms with Crippen molar-refractivity contribution in [2.75, 3.05) is 12.4 Å². The third-order valence-corrected chi connectivity index (χ3v) is 4.10. The standard InChI is InChI=1S/C14H15N5O2S/c1-8-12(14(21-3)19(2)18-8)15-13(20)10-7-9(16-17-10)11-5-4-6-22-11/h4-7H,1-3H3,(H,15,20)(H,16,17). The maximum Gasteiger partial charge on any atom is 0.276 e. The van der Waals surface area contributed by atoms with Crippen molar-refractivity contribution in [3.8, 4) is 16.5 Å². The van der Waals surface area contributed by atoms with Crippen LogP contribution in [0.5, 0.6) is 5.88 Å². The zero-order chi connectivity index (χ0) is 15.7. The summed E-state index contributed by atoms with van der Waals surface area (Å²) in [7, 11) is 3.29. The second-order valence-electron chi connectivity index (χ2n) is 4.69. The van der Waals surface area contributed by atoms with Crippen LogP contribution in [-0.4, -0.2) is 33.0 Å². The predicted molar refractivity (Wildman–Crippen MR) is 84.4 cm³/mol. The van der Waals surface area contributed by atoms with Gasteiger partial charge >= 0.3 is 0 Å². The Morgan fingerprint density at radius 1 is 1.50 bits per heavy atom. The van der Waals surface area contributed by atoms with Crippen molar-refractivity contribution in [2.45, 2.75) is 6.92 Å². The molecular formula is C14H15N5O2S. The number of carbonyl (C=O) groups excluding carboxylic acids is 1. The molecule has 0 saturated carbocycles. The van der Waals surface area contributed by atoms with Crippen molar-refractivity contribution in [3.63, 3.8) is 0 Å². The van der Waals surface area contributed by atoms with E-state index in [1.54, 1.807) is 36.1 Å². The minimum absolute atomic E-state index is 0.312. The van der Waals surface area contributed by atoms with Crippen molar-refractivity contribution in [1.82, 2.24) is 20.0 Å². The van der Waals surface area contributed by atoms with E-state index in [4.69, 9.17) is 4.74 Å². The summed E-state index contributed by atoms with van der Waals surface area (Å²) < 4.78 is 6.83. The number of aryl methyl sites for hydroxylation is 2. The molecule has 2 N–H and O–H groups in total. The van der Waals surface area contributed by atoms with Gasteiger partial charge in [-0.15, -0.1) is 11.3 Å². The second-order valence-corrected chi connectivity index (χ2v) is 5.64. The van der Waals surface area contributed by atoms with E-state index in [2.05, 4.69) is 20.6 Å². The Labute approximate surface area is 130 Å². The number of aromatic nitrogens is 4. The molecule has 0 fully saturated rings. The minimum atomic E-state index is -0.312. The van der Waals surface area contributed by atoms with Crippen molar-refractivity contribution >= 4 is 22.9 Å². The maximum atomic E-state index is 12.3. The van der Waals surface area contributed by atoms with Crippen LogP contribution in [0.3, 0.4) is 0 Å². The first-order valence-corrected chi connectivity index (χ1v) is 7.46. The van der Waals surface area contributed by atoms with Crippen LogP contribution in [0.1, 0.15) is 16.2 Å². The Hall–Kier alpha value is -2.61. The Bertz CT molecular complexity index is 803. The first-order chi connectivity index (χ1) is 10.6. The van der Waals surface area contributed by atoms with Gasteiger partial charge in [0.15, 0.2) is 5.69 Å². The molecule has 7 nitrogen and oxygen atoms in total. The smallest absolute Gasteiger partial charge is 0.276 e. The van der Waals surface area contributed by atoms with Gasteiger partial charge in [-0.3, -0.25) is 9.89 Å². The fourth-order valence-electron chi connectivity index (χ4n) is 2.19. The molecule has 0 aliphatic carbocycles. The number of nitrogens with zero attached hydrogens (tertiary/aromatic N) is 3. The molecule has 0 aliphatic rings. The number of hydrogen-bond donors (Lipinski definition) is 2. The van der Waals surface area contributed by atoms with Gasteiger partial charge in [-0.05, 0) is 24.4 Å². The summed E-state index contributed by atoms with van der Waals surface area (Å²) in [6.07, 6.45) is 0. The third kappa shape index (κ3) is 2.48. The molecule has 0 spiro atoms. The fraction of sp³-hybridized carbons (Fsp3) is 0.214. The van der Waals surface area contributed by atoms with Crippen LogP contribution < -0.4 is 10.1 Å². The Morgan fingerprint density at radius 2 is 2.32 bits per heavy atom. The highest BCUT2D eigenvalue weighted by Gasteiger charge is 2.19. The highest BCUT2D eigenvalue weighted by atomic mass is 32.1. The van der Waals surface area contributed by atoms with Crippen molar-refractivity contribution in [3.05, 3.63) is 35.0 Å². The van der Waals surface area contributed by atoms with Gasteiger partial charge in [-0.2, -0.15) is 10.2 Å². The number of H-pyrrole nitrogens is 1. The molecule has 3 aromatic heterocycles. The van der Waals surface area contributed by atoms with Gasteiger partial charge in [0.25, 0.3) is 5.91 Å². The van der Waals surface area contributed by atoms with Crippen LogP contribution in [0.2, 0.25) is 0 Å². The number of methoxy groups -OCH3 is 1. The molecule has 0 bridgehead atoms.